The number of fused-ring (bicyclic) bond motifs is 1. The summed E-state index contributed by atoms with van der Waals surface area (Å²) in [5.74, 6) is -0.326. The molecule has 2 amide bonds. The zero-order valence-corrected chi connectivity index (χ0v) is 12.3. The van der Waals surface area contributed by atoms with E-state index in [-0.39, 0.29) is 24.4 Å². The first-order valence-electron chi connectivity index (χ1n) is 7.53. The predicted octanol–water partition coefficient (Wildman–Crippen LogP) is 1.65. The number of amides is 2. The predicted molar refractivity (Wildman–Crippen MR) is 86.6 cm³/mol. The van der Waals surface area contributed by atoms with Crippen LogP contribution in [0.2, 0.25) is 0 Å². The second-order valence-electron chi connectivity index (χ2n) is 5.44. The van der Waals surface area contributed by atoms with Crippen LogP contribution in [0.5, 0.6) is 0 Å². The van der Waals surface area contributed by atoms with Gasteiger partial charge in [-0.25, -0.2) is 0 Å². The number of nitrogens with one attached hydrogen (secondary N) is 3. The third kappa shape index (κ3) is 3.26. The number of benzene rings is 2. The van der Waals surface area contributed by atoms with Crippen molar-refractivity contribution >= 4 is 28.3 Å². The van der Waals surface area contributed by atoms with Crippen LogP contribution >= 0.6 is 0 Å². The SMILES string of the molecule is O=C(CNC(=O)C1CCCN1)Nc1cccc2ccccc12. The van der Waals surface area contributed by atoms with Gasteiger partial charge in [-0.3, -0.25) is 9.59 Å². The Morgan fingerprint density at radius 2 is 1.95 bits per heavy atom. The lowest BCUT2D eigenvalue weighted by atomic mass is 10.1. The van der Waals surface area contributed by atoms with E-state index in [9.17, 15) is 9.59 Å². The van der Waals surface area contributed by atoms with Gasteiger partial charge in [-0.15, -0.1) is 0 Å². The molecule has 1 heterocycles. The highest BCUT2D eigenvalue weighted by Gasteiger charge is 2.22. The molecule has 0 aliphatic carbocycles. The van der Waals surface area contributed by atoms with Gasteiger partial charge in [0.15, 0.2) is 0 Å². The van der Waals surface area contributed by atoms with E-state index in [1.807, 2.05) is 42.5 Å². The molecular weight excluding hydrogens is 278 g/mol. The Balaban J connectivity index is 1.60. The van der Waals surface area contributed by atoms with Crippen molar-refractivity contribution in [3.05, 3.63) is 42.5 Å². The van der Waals surface area contributed by atoms with Gasteiger partial charge in [0, 0.05) is 11.1 Å². The Labute approximate surface area is 129 Å². The van der Waals surface area contributed by atoms with Crippen molar-refractivity contribution in [3.8, 4) is 0 Å². The van der Waals surface area contributed by atoms with Gasteiger partial charge < -0.3 is 16.0 Å². The largest absolute Gasteiger partial charge is 0.346 e. The summed E-state index contributed by atoms with van der Waals surface area (Å²) in [6.45, 7) is 0.848. The van der Waals surface area contributed by atoms with Gasteiger partial charge in [-0.1, -0.05) is 36.4 Å². The smallest absolute Gasteiger partial charge is 0.243 e. The second-order valence-corrected chi connectivity index (χ2v) is 5.44. The summed E-state index contributed by atoms with van der Waals surface area (Å²) < 4.78 is 0. The highest BCUT2D eigenvalue weighted by molar-refractivity contribution is 6.03. The van der Waals surface area contributed by atoms with E-state index in [1.165, 1.54) is 0 Å². The first kappa shape index (κ1) is 14.5. The summed E-state index contributed by atoms with van der Waals surface area (Å²) in [4.78, 5) is 23.9. The summed E-state index contributed by atoms with van der Waals surface area (Å²) >= 11 is 0. The molecule has 0 bridgehead atoms. The van der Waals surface area contributed by atoms with E-state index >= 15 is 0 Å². The minimum Gasteiger partial charge on any atom is -0.346 e. The van der Waals surface area contributed by atoms with E-state index in [2.05, 4.69) is 16.0 Å². The summed E-state index contributed by atoms with van der Waals surface area (Å²) in [6, 6.07) is 13.5. The van der Waals surface area contributed by atoms with E-state index in [1.54, 1.807) is 0 Å². The van der Waals surface area contributed by atoms with Crippen LogP contribution in [-0.2, 0) is 9.59 Å². The summed E-state index contributed by atoms with van der Waals surface area (Å²) in [6.07, 6.45) is 1.83. The molecule has 0 aromatic heterocycles. The molecule has 1 saturated heterocycles. The van der Waals surface area contributed by atoms with Crippen LogP contribution in [0, 0.1) is 0 Å². The van der Waals surface area contributed by atoms with Gasteiger partial charge in [0.25, 0.3) is 0 Å². The van der Waals surface area contributed by atoms with Crippen molar-refractivity contribution in [1.82, 2.24) is 10.6 Å². The zero-order chi connectivity index (χ0) is 15.4. The highest BCUT2D eigenvalue weighted by atomic mass is 16.2. The fourth-order valence-electron chi connectivity index (χ4n) is 2.73. The van der Waals surface area contributed by atoms with Crippen LogP contribution < -0.4 is 16.0 Å². The Hall–Kier alpha value is -2.40. The van der Waals surface area contributed by atoms with Gasteiger partial charge in [0.1, 0.15) is 0 Å². The Kier molecular flexibility index (Phi) is 4.34. The molecule has 2 aromatic carbocycles. The lowest BCUT2D eigenvalue weighted by molar-refractivity contribution is -0.125. The fourth-order valence-corrected chi connectivity index (χ4v) is 2.73. The lowest BCUT2D eigenvalue weighted by Gasteiger charge is -2.12. The first-order valence-corrected chi connectivity index (χ1v) is 7.53. The zero-order valence-electron chi connectivity index (χ0n) is 12.3. The van der Waals surface area contributed by atoms with Crippen LogP contribution in [0.15, 0.2) is 42.5 Å². The summed E-state index contributed by atoms with van der Waals surface area (Å²) in [7, 11) is 0. The van der Waals surface area contributed by atoms with E-state index in [0.29, 0.717) is 0 Å². The van der Waals surface area contributed by atoms with Crippen LogP contribution in [0.1, 0.15) is 12.8 Å². The average Bonchev–Trinajstić information content (AvgIpc) is 3.07. The van der Waals surface area contributed by atoms with Crippen molar-refractivity contribution in [2.24, 2.45) is 0 Å². The van der Waals surface area contributed by atoms with Crippen LogP contribution in [0.3, 0.4) is 0 Å². The van der Waals surface area contributed by atoms with Crippen molar-refractivity contribution < 1.29 is 9.59 Å². The Bertz CT molecular complexity index is 688. The molecule has 5 heteroatoms. The van der Waals surface area contributed by atoms with Crippen molar-refractivity contribution in [2.45, 2.75) is 18.9 Å². The first-order chi connectivity index (χ1) is 10.7. The molecule has 114 valence electrons. The number of anilines is 1. The summed E-state index contributed by atoms with van der Waals surface area (Å²) in [5.41, 5.74) is 0.761. The molecule has 0 radical (unpaired) electrons. The maximum absolute atomic E-state index is 12.0. The molecule has 2 aromatic rings. The maximum atomic E-state index is 12.0. The van der Waals surface area contributed by atoms with Crippen LogP contribution in [0.25, 0.3) is 10.8 Å². The minimum absolute atomic E-state index is 0.0137. The monoisotopic (exact) mass is 297 g/mol. The molecule has 1 aliphatic heterocycles. The molecule has 0 saturated carbocycles. The standard InChI is InChI=1S/C17H19N3O2/c21-16(11-19-17(22)15-9-4-10-18-15)20-14-8-3-6-12-5-1-2-7-13(12)14/h1-3,5-8,15,18H,4,9-11H2,(H,19,22)(H,20,21). The van der Waals surface area contributed by atoms with Gasteiger partial charge in [-0.2, -0.15) is 0 Å². The molecule has 1 fully saturated rings. The number of carbonyl (C=O) groups excluding carboxylic acids is 2. The van der Waals surface area contributed by atoms with Gasteiger partial charge in [0.2, 0.25) is 11.8 Å². The molecule has 1 aliphatic rings. The fraction of sp³-hybridized carbons (Fsp3) is 0.294. The molecular formula is C17H19N3O2. The molecule has 3 N–H and O–H groups in total. The van der Waals surface area contributed by atoms with E-state index < -0.39 is 0 Å². The molecule has 22 heavy (non-hydrogen) atoms. The average molecular weight is 297 g/mol. The molecule has 0 spiro atoms. The topological polar surface area (TPSA) is 70.2 Å². The van der Waals surface area contributed by atoms with Crippen molar-refractivity contribution in [2.75, 3.05) is 18.4 Å². The van der Waals surface area contributed by atoms with Crippen LogP contribution in [0.4, 0.5) is 5.69 Å². The molecule has 1 atom stereocenters. The quantitative estimate of drug-likeness (QED) is 0.803. The minimum atomic E-state index is -0.220. The lowest BCUT2D eigenvalue weighted by Crippen LogP contribution is -2.43. The van der Waals surface area contributed by atoms with Gasteiger partial charge >= 0.3 is 0 Å². The third-order valence-corrected chi connectivity index (χ3v) is 3.86. The van der Waals surface area contributed by atoms with E-state index in [0.717, 1.165) is 35.8 Å². The third-order valence-electron chi connectivity index (χ3n) is 3.86. The van der Waals surface area contributed by atoms with Crippen molar-refractivity contribution in [3.63, 3.8) is 0 Å². The number of rotatable bonds is 4. The van der Waals surface area contributed by atoms with Crippen molar-refractivity contribution in [1.29, 1.82) is 0 Å². The Morgan fingerprint density at radius 1 is 1.14 bits per heavy atom. The number of carbonyl (C=O) groups is 2. The normalized spacial score (nSPS) is 17.4. The highest BCUT2D eigenvalue weighted by Crippen LogP contribution is 2.22. The summed E-state index contributed by atoms with van der Waals surface area (Å²) in [5, 5.41) is 10.7. The molecule has 3 rings (SSSR count). The molecule has 1 unspecified atom stereocenters. The Morgan fingerprint density at radius 3 is 2.77 bits per heavy atom. The number of hydrogen-bond acceptors (Lipinski definition) is 3. The van der Waals surface area contributed by atoms with Gasteiger partial charge in [-0.05, 0) is 30.8 Å². The maximum Gasteiger partial charge on any atom is 0.243 e. The van der Waals surface area contributed by atoms with Crippen LogP contribution in [-0.4, -0.2) is 30.9 Å². The van der Waals surface area contributed by atoms with E-state index in [4.69, 9.17) is 0 Å². The van der Waals surface area contributed by atoms with Gasteiger partial charge in [0.05, 0.1) is 12.6 Å². The molecule has 5 nitrogen and oxygen atoms in total. The number of hydrogen-bond donors (Lipinski definition) is 3. The second kappa shape index (κ2) is 6.58.